The molecular formula is C27H29FN6O2. The maximum Gasteiger partial charge on any atom is 0.255 e. The molecular weight excluding hydrogens is 459 g/mol. The highest BCUT2D eigenvalue weighted by Crippen LogP contribution is 2.37. The second-order valence-electron chi connectivity index (χ2n) is 9.42. The number of nitrogen functional groups attached to an aromatic ring is 1. The number of nitrogens with one attached hydrogen (secondary N) is 1. The van der Waals surface area contributed by atoms with Crippen molar-refractivity contribution in [1.82, 2.24) is 24.8 Å². The van der Waals surface area contributed by atoms with Gasteiger partial charge in [0.15, 0.2) is 0 Å². The first-order valence-electron chi connectivity index (χ1n) is 11.7. The van der Waals surface area contributed by atoms with E-state index >= 15 is 0 Å². The number of hydrogen-bond donors (Lipinski definition) is 2. The molecule has 3 N–H and O–H groups in total. The van der Waals surface area contributed by atoms with Gasteiger partial charge in [-0.3, -0.25) is 9.59 Å². The van der Waals surface area contributed by atoms with Crippen molar-refractivity contribution in [3.05, 3.63) is 65.9 Å². The third-order valence-electron chi connectivity index (χ3n) is 6.63. The lowest BCUT2D eigenvalue weighted by atomic mass is 9.93. The Bertz CT molecular complexity index is 1430. The van der Waals surface area contributed by atoms with Gasteiger partial charge in [0.05, 0.1) is 22.5 Å². The van der Waals surface area contributed by atoms with Gasteiger partial charge in [-0.1, -0.05) is 30.7 Å². The maximum absolute atomic E-state index is 14.6. The molecule has 1 aliphatic rings. The zero-order chi connectivity index (χ0) is 26.2. The molecule has 3 heterocycles. The fraction of sp³-hybridized carbons (Fsp3) is 0.333. The number of hydrogen-bond acceptors (Lipinski definition) is 5. The quantitative estimate of drug-likeness (QED) is 0.422. The summed E-state index contributed by atoms with van der Waals surface area (Å²) in [6.45, 7) is 11.1. The number of carbonyl (C=O) groups is 2. The van der Waals surface area contributed by atoms with Gasteiger partial charge in [0.25, 0.3) is 5.91 Å². The number of anilines is 1. The minimum Gasteiger partial charge on any atom is -0.383 e. The minimum absolute atomic E-state index is 0.0446. The van der Waals surface area contributed by atoms with Gasteiger partial charge in [-0.2, -0.15) is 0 Å². The first-order valence-corrected chi connectivity index (χ1v) is 11.7. The Morgan fingerprint density at radius 2 is 2.03 bits per heavy atom. The van der Waals surface area contributed by atoms with E-state index in [2.05, 4.69) is 33.7 Å². The molecule has 0 radical (unpaired) electrons. The van der Waals surface area contributed by atoms with E-state index < -0.39 is 17.3 Å². The average Bonchev–Trinajstić information content (AvgIpc) is 3.37. The third kappa shape index (κ3) is 4.19. The van der Waals surface area contributed by atoms with Crippen LogP contribution in [0.15, 0.2) is 43.2 Å². The molecule has 186 valence electrons. The van der Waals surface area contributed by atoms with Gasteiger partial charge in [-0.05, 0) is 52.2 Å². The number of carbonyl (C=O) groups excluding carboxylic acids is 2. The van der Waals surface area contributed by atoms with Crippen LogP contribution in [0.3, 0.4) is 0 Å². The fourth-order valence-electron chi connectivity index (χ4n) is 4.97. The highest BCUT2D eigenvalue weighted by atomic mass is 19.1. The summed E-state index contributed by atoms with van der Waals surface area (Å²) in [5.74, 6) is 5.02. The molecule has 0 saturated carbocycles. The zero-order valence-electron chi connectivity index (χ0n) is 20.8. The zero-order valence-corrected chi connectivity index (χ0v) is 20.8. The molecule has 2 amide bonds. The number of benzene rings is 1. The van der Waals surface area contributed by atoms with Crippen molar-refractivity contribution >= 4 is 28.7 Å². The van der Waals surface area contributed by atoms with Crippen LogP contribution >= 0.6 is 0 Å². The molecule has 36 heavy (non-hydrogen) atoms. The lowest BCUT2D eigenvalue weighted by molar-refractivity contribution is -0.126. The molecule has 0 spiro atoms. The van der Waals surface area contributed by atoms with E-state index in [9.17, 15) is 14.0 Å². The van der Waals surface area contributed by atoms with Gasteiger partial charge < -0.3 is 20.5 Å². The van der Waals surface area contributed by atoms with Gasteiger partial charge in [0.1, 0.15) is 29.3 Å². The normalized spacial score (nSPS) is 17.5. The topological polar surface area (TPSA) is 106 Å². The molecule has 1 aromatic carbocycles. The third-order valence-corrected chi connectivity index (χ3v) is 6.63. The average molecular weight is 489 g/mol. The van der Waals surface area contributed by atoms with Crippen molar-refractivity contribution in [2.24, 2.45) is 0 Å². The Balaban J connectivity index is 1.87. The van der Waals surface area contributed by atoms with E-state index in [1.807, 2.05) is 11.5 Å². The van der Waals surface area contributed by atoms with Crippen molar-refractivity contribution in [3.63, 3.8) is 0 Å². The van der Waals surface area contributed by atoms with Crippen LogP contribution < -0.4 is 11.1 Å². The molecule has 0 unspecified atom stereocenters. The first kappa shape index (κ1) is 24.9. The molecule has 2 atom stereocenters. The van der Waals surface area contributed by atoms with E-state index in [1.54, 1.807) is 43.9 Å². The van der Waals surface area contributed by atoms with Crippen LogP contribution in [-0.4, -0.2) is 43.8 Å². The van der Waals surface area contributed by atoms with Gasteiger partial charge in [0, 0.05) is 18.2 Å². The summed E-state index contributed by atoms with van der Waals surface area (Å²) < 4.78 is 16.5. The maximum atomic E-state index is 14.6. The number of amides is 2. The van der Waals surface area contributed by atoms with Crippen LogP contribution in [0.4, 0.5) is 10.2 Å². The molecule has 0 aliphatic carbocycles. The van der Waals surface area contributed by atoms with Gasteiger partial charge in [0.2, 0.25) is 5.91 Å². The molecule has 1 fully saturated rings. The number of rotatable bonds is 5. The number of nitrogens with zero attached hydrogens (tertiary/aromatic N) is 4. The summed E-state index contributed by atoms with van der Waals surface area (Å²) in [6.07, 6.45) is 3.27. The van der Waals surface area contributed by atoms with Gasteiger partial charge in [-0.15, -0.1) is 0 Å². The molecule has 1 aliphatic heterocycles. The standard InChI is InChI=1S/C27H29FN6O2/c1-6-10-20-22(26(36)32-27(4,5)18-11-8-9-12-19(18)28)23-24(29)30-15-31-25(23)34(20)17-13-16(3)33(14-17)21(35)7-2/h7-9,11-12,15-17H,2,13-14H2,1,3-5H3,(H,32,36)(H2,29,30,31)/t16-,17+/m0/s1. The highest BCUT2D eigenvalue weighted by molar-refractivity contribution is 6.12. The van der Waals surface area contributed by atoms with Crippen molar-refractivity contribution in [2.75, 3.05) is 12.3 Å². The Morgan fingerprint density at radius 1 is 1.31 bits per heavy atom. The summed E-state index contributed by atoms with van der Waals surface area (Å²) in [6, 6.07) is 6.06. The van der Waals surface area contributed by atoms with Gasteiger partial charge >= 0.3 is 0 Å². The van der Waals surface area contributed by atoms with Crippen molar-refractivity contribution < 1.29 is 14.0 Å². The number of fused-ring (bicyclic) bond motifs is 1. The van der Waals surface area contributed by atoms with E-state index in [0.717, 1.165) is 0 Å². The van der Waals surface area contributed by atoms with E-state index in [-0.39, 0.29) is 29.4 Å². The SMILES string of the molecule is C=CC(=O)N1C[C@H](n2c(C#CC)c(C(=O)NC(C)(C)c3ccccc3F)c3c(N)ncnc32)C[C@@H]1C. The van der Waals surface area contributed by atoms with Crippen LogP contribution in [0.2, 0.25) is 0 Å². The van der Waals surface area contributed by atoms with Crippen LogP contribution in [0.25, 0.3) is 11.0 Å². The smallest absolute Gasteiger partial charge is 0.255 e. The Labute approximate surface area is 209 Å². The Hall–Kier alpha value is -4.19. The van der Waals surface area contributed by atoms with Crippen molar-refractivity contribution in [2.45, 2.75) is 51.7 Å². The monoisotopic (exact) mass is 488 g/mol. The summed E-state index contributed by atoms with van der Waals surface area (Å²) in [4.78, 5) is 36.5. The Morgan fingerprint density at radius 3 is 2.69 bits per heavy atom. The van der Waals surface area contributed by atoms with Crippen molar-refractivity contribution in [3.8, 4) is 11.8 Å². The van der Waals surface area contributed by atoms with Crippen LogP contribution in [0.1, 0.15) is 61.8 Å². The minimum atomic E-state index is -1.03. The fourth-order valence-corrected chi connectivity index (χ4v) is 4.97. The second-order valence-corrected chi connectivity index (χ2v) is 9.42. The number of halogens is 1. The van der Waals surface area contributed by atoms with Crippen molar-refractivity contribution in [1.29, 1.82) is 0 Å². The molecule has 3 aromatic rings. The highest BCUT2D eigenvalue weighted by Gasteiger charge is 2.37. The van der Waals surface area contributed by atoms with E-state index in [1.165, 1.54) is 18.5 Å². The number of likely N-dealkylation sites (tertiary alicyclic amines) is 1. The van der Waals surface area contributed by atoms with Crippen LogP contribution in [0.5, 0.6) is 0 Å². The second kappa shape index (κ2) is 9.46. The lowest BCUT2D eigenvalue weighted by Crippen LogP contribution is -2.42. The summed E-state index contributed by atoms with van der Waals surface area (Å²) in [5.41, 5.74) is 6.68. The molecule has 0 bridgehead atoms. The van der Waals surface area contributed by atoms with E-state index in [0.29, 0.717) is 35.3 Å². The summed E-state index contributed by atoms with van der Waals surface area (Å²) in [7, 11) is 0. The lowest BCUT2D eigenvalue weighted by Gasteiger charge is -2.27. The van der Waals surface area contributed by atoms with Crippen LogP contribution in [-0.2, 0) is 10.3 Å². The molecule has 8 nitrogen and oxygen atoms in total. The summed E-state index contributed by atoms with van der Waals surface area (Å²) >= 11 is 0. The van der Waals surface area contributed by atoms with E-state index in [4.69, 9.17) is 5.73 Å². The first-order chi connectivity index (χ1) is 17.1. The largest absolute Gasteiger partial charge is 0.383 e. The molecule has 9 heteroatoms. The molecule has 2 aromatic heterocycles. The molecule has 1 saturated heterocycles. The predicted molar refractivity (Wildman–Crippen MR) is 136 cm³/mol. The molecule has 4 rings (SSSR count). The number of nitrogens with two attached hydrogens (primary N) is 1. The van der Waals surface area contributed by atoms with Gasteiger partial charge in [-0.25, -0.2) is 14.4 Å². The Kier molecular flexibility index (Phi) is 6.55. The number of aromatic nitrogens is 3. The van der Waals surface area contributed by atoms with Crippen LogP contribution in [0, 0.1) is 17.7 Å². The predicted octanol–water partition coefficient (Wildman–Crippen LogP) is 3.54. The summed E-state index contributed by atoms with van der Waals surface area (Å²) in [5, 5.41) is 3.32.